The van der Waals surface area contributed by atoms with Crippen molar-refractivity contribution in [2.45, 2.75) is 26.8 Å². The van der Waals surface area contributed by atoms with Gasteiger partial charge >= 0.3 is 0 Å². The fourth-order valence-corrected chi connectivity index (χ4v) is 1.47. The summed E-state index contributed by atoms with van der Waals surface area (Å²) in [5.74, 6) is 0.994. The van der Waals surface area contributed by atoms with Crippen LogP contribution in [0.1, 0.15) is 20.8 Å². The molecule has 114 valence electrons. The number of aliphatic imine (C=N–C) groups is 1. The molecule has 0 atom stereocenters. The molecule has 0 amide bonds. The van der Waals surface area contributed by atoms with Crippen molar-refractivity contribution in [2.24, 2.45) is 4.99 Å². The van der Waals surface area contributed by atoms with Crippen LogP contribution in [-0.2, 0) is 0 Å². The molecule has 0 unspecified atom stereocenters. The lowest BCUT2D eigenvalue weighted by atomic mass is 10.3. The third kappa shape index (κ3) is 8.19. The first-order chi connectivity index (χ1) is 9.11. The fraction of sp³-hybridized carbons (Fsp3) is 0.500. The van der Waals surface area contributed by atoms with Crippen molar-refractivity contribution in [2.75, 3.05) is 19.7 Å². The van der Waals surface area contributed by atoms with E-state index in [1.54, 1.807) is 12.1 Å². The van der Waals surface area contributed by atoms with Gasteiger partial charge in [0.25, 0.3) is 0 Å². The quantitative estimate of drug-likeness (QED) is 0.337. The van der Waals surface area contributed by atoms with Crippen LogP contribution in [0, 0.1) is 5.82 Å². The molecule has 0 aliphatic heterocycles. The third-order valence-electron chi connectivity index (χ3n) is 2.20. The van der Waals surface area contributed by atoms with Gasteiger partial charge in [0.15, 0.2) is 5.96 Å². The highest BCUT2D eigenvalue weighted by atomic mass is 127. The zero-order valence-corrected chi connectivity index (χ0v) is 14.5. The molecule has 1 aromatic carbocycles. The first-order valence-corrected chi connectivity index (χ1v) is 6.55. The van der Waals surface area contributed by atoms with Crippen LogP contribution < -0.4 is 15.4 Å². The number of benzene rings is 1. The van der Waals surface area contributed by atoms with Crippen molar-refractivity contribution in [3.05, 3.63) is 30.1 Å². The molecular weight excluding hydrogens is 372 g/mol. The summed E-state index contributed by atoms with van der Waals surface area (Å²) in [6, 6.07) is 6.42. The maximum Gasteiger partial charge on any atom is 0.191 e. The van der Waals surface area contributed by atoms with Crippen LogP contribution >= 0.6 is 24.0 Å². The molecule has 0 aromatic heterocycles. The molecular formula is C14H23FIN3O. The van der Waals surface area contributed by atoms with E-state index >= 15 is 0 Å². The molecule has 0 aliphatic rings. The Bertz CT molecular complexity index is 413. The molecule has 0 radical (unpaired) electrons. The normalized spacial score (nSPS) is 10.9. The standard InChI is InChI=1S/C14H22FN3O.HI/c1-4-16-14(18-11(2)3)17-8-9-19-13-7-5-6-12(15)10-13;/h5-7,10-11H,4,8-9H2,1-3H3,(H2,16,17,18);1H. The third-order valence-corrected chi connectivity index (χ3v) is 2.20. The van der Waals surface area contributed by atoms with Gasteiger partial charge in [-0.25, -0.2) is 9.38 Å². The van der Waals surface area contributed by atoms with Crippen LogP contribution in [0.3, 0.4) is 0 Å². The van der Waals surface area contributed by atoms with Gasteiger partial charge in [0.05, 0.1) is 6.54 Å². The van der Waals surface area contributed by atoms with Crippen LogP contribution in [0.4, 0.5) is 4.39 Å². The van der Waals surface area contributed by atoms with Gasteiger partial charge in [-0.3, -0.25) is 0 Å². The molecule has 0 saturated heterocycles. The topological polar surface area (TPSA) is 45.7 Å². The minimum absolute atomic E-state index is 0. The van der Waals surface area contributed by atoms with E-state index in [1.807, 2.05) is 6.92 Å². The predicted octanol–water partition coefficient (Wildman–Crippen LogP) is 2.79. The first kappa shape index (κ1) is 18.9. The Balaban J connectivity index is 0.00000361. The van der Waals surface area contributed by atoms with Crippen LogP contribution in [0.15, 0.2) is 29.3 Å². The van der Waals surface area contributed by atoms with Crippen molar-refractivity contribution in [3.8, 4) is 5.75 Å². The molecule has 0 aliphatic carbocycles. The Kier molecular flexibility index (Phi) is 10.1. The van der Waals surface area contributed by atoms with Crippen molar-refractivity contribution in [1.82, 2.24) is 10.6 Å². The average molecular weight is 395 g/mol. The van der Waals surface area contributed by atoms with E-state index in [4.69, 9.17) is 4.74 Å². The van der Waals surface area contributed by atoms with Gasteiger partial charge in [-0.1, -0.05) is 6.07 Å². The summed E-state index contributed by atoms with van der Waals surface area (Å²) in [6.45, 7) is 7.85. The van der Waals surface area contributed by atoms with E-state index in [0.717, 1.165) is 12.5 Å². The molecule has 1 aromatic rings. The van der Waals surface area contributed by atoms with E-state index in [1.165, 1.54) is 12.1 Å². The summed E-state index contributed by atoms with van der Waals surface area (Å²) < 4.78 is 18.3. The summed E-state index contributed by atoms with van der Waals surface area (Å²) in [7, 11) is 0. The minimum atomic E-state index is -0.296. The summed E-state index contributed by atoms with van der Waals surface area (Å²) in [5, 5.41) is 6.36. The number of ether oxygens (including phenoxy) is 1. The Morgan fingerprint density at radius 2 is 2.15 bits per heavy atom. The second-order valence-electron chi connectivity index (χ2n) is 4.37. The number of hydrogen-bond acceptors (Lipinski definition) is 2. The van der Waals surface area contributed by atoms with Gasteiger partial charge in [-0.05, 0) is 32.9 Å². The highest BCUT2D eigenvalue weighted by Gasteiger charge is 1.99. The zero-order valence-electron chi connectivity index (χ0n) is 12.1. The molecule has 20 heavy (non-hydrogen) atoms. The summed E-state index contributed by atoms with van der Waals surface area (Å²) >= 11 is 0. The second kappa shape index (κ2) is 10.7. The minimum Gasteiger partial charge on any atom is -0.492 e. The van der Waals surface area contributed by atoms with E-state index < -0.39 is 0 Å². The van der Waals surface area contributed by atoms with Crippen molar-refractivity contribution in [3.63, 3.8) is 0 Å². The van der Waals surface area contributed by atoms with Gasteiger partial charge in [-0.2, -0.15) is 0 Å². The highest BCUT2D eigenvalue weighted by Crippen LogP contribution is 2.11. The van der Waals surface area contributed by atoms with Gasteiger partial charge in [0.2, 0.25) is 0 Å². The zero-order chi connectivity index (χ0) is 14.1. The average Bonchev–Trinajstić information content (AvgIpc) is 2.34. The number of halogens is 2. The molecule has 0 spiro atoms. The van der Waals surface area contributed by atoms with E-state index in [-0.39, 0.29) is 29.8 Å². The number of nitrogens with zero attached hydrogens (tertiary/aromatic N) is 1. The monoisotopic (exact) mass is 395 g/mol. The van der Waals surface area contributed by atoms with Crippen LogP contribution in [0.5, 0.6) is 5.75 Å². The van der Waals surface area contributed by atoms with Crippen molar-refractivity contribution < 1.29 is 9.13 Å². The molecule has 0 heterocycles. The lowest BCUT2D eigenvalue weighted by Crippen LogP contribution is -2.41. The van der Waals surface area contributed by atoms with E-state index in [9.17, 15) is 4.39 Å². The lowest BCUT2D eigenvalue weighted by molar-refractivity contribution is 0.326. The van der Waals surface area contributed by atoms with Crippen molar-refractivity contribution in [1.29, 1.82) is 0 Å². The maximum atomic E-state index is 12.9. The summed E-state index contributed by atoms with van der Waals surface area (Å²) in [4.78, 5) is 4.37. The number of rotatable bonds is 6. The molecule has 6 heteroatoms. The van der Waals surface area contributed by atoms with Gasteiger partial charge < -0.3 is 15.4 Å². The van der Waals surface area contributed by atoms with E-state index in [0.29, 0.717) is 24.9 Å². The molecule has 2 N–H and O–H groups in total. The van der Waals surface area contributed by atoms with Crippen LogP contribution in [0.2, 0.25) is 0 Å². The fourth-order valence-electron chi connectivity index (χ4n) is 1.47. The predicted molar refractivity (Wildman–Crippen MR) is 91.6 cm³/mol. The Morgan fingerprint density at radius 1 is 1.40 bits per heavy atom. The molecule has 0 saturated carbocycles. The van der Waals surface area contributed by atoms with Crippen LogP contribution in [0.25, 0.3) is 0 Å². The Hall–Kier alpha value is -1.05. The smallest absolute Gasteiger partial charge is 0.191 e. The van der Waals surface area contributed by atoms with Gasteiger partial charge in [-0.15, -0.1) is 24.0 Å². The van der Waals surface area contributed by atoms with Crippen molar-refractivity contribution >= 4 is 29.9 Å². The molecule has 1 rings (SSSR count). The Labute approximate surface area is 137 Å². The largest absolute Gasteiger partial charge is 0.492 e. The highest BCUT2D eigenvalue weighted by molar-refractivity contribution is 14.0. The van der Waals surface area contributed by atoms with Gasteiger partial charge in [0, 0.05) is 18.7 Å². The molecule has 4 nitrogen and oxygen atoms in total. The van der Waals surface area contributed by atoms with Crippen LogP contribution in [-0.4, -0.2) is 31.7 Å². The number of hydrogen-bond donors (Lipinski definition) is 2. The van der Waals surface area contributed by atoms with E-state index in [2.05, 4.69) is 29.5 Å². The molecule has 0 fully saturated rings. The first-order valence-electron chi connectivity index (χ1n) is 6.55. The summed E-state index contributed by atoms with van der Waals surface area (Å²) in [6.07, 6.45) is 0. The maximum absolute atomic E-state index is 12.9. The SMILES string of the molecule is CCNC(=NCCOc1cccc(F)c1)NC(C)C.I. The Morgan fingerprint density at radius 3 is 2.75 bits per heavy atom. The lowest BCUT2D eigenvalue weighted by Gasteiger charge is -2.14. The second-order valence-corrected chi connectivity index (χ2v) is 4.37. The number of nitrogens with one attached hydrogen (secondary N) is 2. The number of guanidine groups is 1. The molecule has 0 bridgehead atoms. The van der Waals surface area contributed by atoms with Gasteiger partial charge in [0.1, 0.15) is 18.2 Å². The summed E-state index contributed by atoms with van der Waals surface area (Å²) in [5.41, 5.74) is 0.